The van der Waals surface area contributed by atoms with Gasteiger partial charge in [-0.15, -0.1) is 0 Å². The highest BCUT2D eigenvalue weighted by atomic mass is 16.5. The van der Waals surface area contributed by atoms with Gasteiger partial charge in [0.25, 0.3) is 11.8 Å². The summed E-state index contributed by atoms with van der Waals surface area (Å²) in [5.41, 5.74) is 8.25. The van der Waals surface area contributed by atoms with Crippen molar-refractivity contribution in [2.45, 2.75) is 38.3 Å². The van der Waals surface area contributed by atoms with Gasteiger partial charge in [-0.3, -0.25) is 9.59 Å². The van der Waals surface area contributed by atoms with Gasteiger partial charge in [-0.25, -0.2) is 0 Å². The Morgan fingerprint density at radius 3 is 2.83 bits per heavy atom. The number of hydrogen-bond acceptors (Lipinski definition) is 4. The highest BCUT2D eigenvalue weighted by Gasteiger charge is 2.29. The molecule has 0 aliphatic carbocycles. The summed E-state index contributed by atoms with van der Waals surface area (Å²) < 4.78 is 5.75. The number of benzene rings is 2. The average Bonchev–Trinajstić information content (AvgIpc) is 3.18. The molecule has 0 radical (unpaired) electrons. The fourth-order valence-electron chi connectivity index (χ4n) is 4.09. The summed E-state index contributed by atoms with van der Waals surface area (Å²) in [5.74, 6) is 0.860. The van der Waals surface area contributed by atoms with E-state index < -0.39 is 6.10 Å². The Bertz CT molecular complexity index is 887. The number of amides is 2. The number of hydrogen-bond donors (Lipinski definition) is 2. The van der Waals surface area contributed by atoms with E-state index in [1.165, 1.54) is 0 Å². The molecule has 2 aliphatic heterocycles. The van der Waals surface area contributed by atoms with Crippen molar-refractivity contribution in [3.8, 4) is 5.75 Å². The predicted octanol–water partition coefficient (Wildman–Crippen LogP) is 2.83. The first kappa shape index (κ1) is 19.5. The minimum absolute atomic E-state index is 0.0176. The molecule has 0 spiro atoms. The molecule has 0 bridgehead atoms. The molecule has 4 rings (SSSR count). The van der Waals surface area contributed by atoms with Gasteiger partial charge in [-0.2, -0.15) is 0 Å². The number of rotatable bonds is 4. The molecule has 1 fully saturated rings. The number of anilines is 1. The van der Waals surface area contributed by atoms with Crippen LogP contribution in [-0.2, 0) is 11.2 Å². The van der Waals surface area contributed by atoms with Gasteiger partial charge in [0, 0.05) is 36.8 Å². The van der Waals surface area contributed by atoms with Gasteiger partial charge < -0.3 is 20.7 Å². The maximum Gasteiger partial charge on any atom is 0.265 e. The second-order valence-corrected chi connectivity index (χ2v) is 8.00. The van der Waals surface area contributed by atoms with Gasteiger partial charge in [0.15, 0.2) is 6.10 Å². The SMILES string of the molecule is CC(N)C1CCCN(C(=O)c2cccc(NC(=O)C3Cc4ccccc4O3)c2)C1. The molecule has 6 nitrogen and oxygen atoms in total. The maximum absolute atomic E-state index is 13.0. The second-order valence-electron chi connectivity index (χ2n) is 8.00. The van der Waals surface area contributed by atoms with Crippen LogP contribution in [0.15, 0.2) is 48.5 Å². The molecule has 29 heavy (non-hydrogen) atoms. The van der Waals surface area contributed by atoms with E-state index >= 15 is 0 Å². The summed E-state index contributed by atoms with van der Waals surface area (Å²) in [6.45, 7) is 3.42. The molecular formula is C23H27N3O3. The van der Waals surface area contributed by atoms with Crippen molar-refractivity contribution in [3.05, 3.63) is 59.7 Å². The third-order valence-electron chi connectivity index (χ3n) is 5.81. The summed E-state index contributed by atoms with van der Waals surface area (Å²) in [7, 11) is 0. The second kappa shape index (κ2) is 8.25. The third-order valence-corrected chi connectivity index (χ3v) is 5.81. The lowest BCUT2D eigenvalue weighted by molar-refractivity contribution is -0.122. The fraction of sp³-hybridized carbons (Fsp3) is 0.391. The van der Waals surface area contributed by atoms with Gasteiger partial charge >= 0.3 is 0 Å². The van der Waals surface area contributed by atoms with Gasteiger partial charge in [-0.1, -0.05) is 24.3 Å². The molecule has 0 aromatic heterocycles. The zero-order valence-corrected chi connectivity index (χ0v) is 16.6. The van der Waals surface area contributed by atoms with E-state index in [-0.39, 0.29) is 17.9 Å². The third kappa shape index (κ3) is 4.27. The number of fused-ring (bicyclic) bond motifs is 1. The van der Waals surface area contributed by atoms with Crippen LogP contribution in [-0.4, -0.2) is 41.9 Å². The minimum Gasteiger partial charge on any atom is -0.480 e. The van der Waals surface area contributed by atoms with Gasteiger partial charge in [-0.05, 0) is 55.5 Å². The van der Waals surface area contributed by atoms with Crippen molar-refractivity contribution in [3.63, 3.8) is 0 Å². The Morgan fingerprint density at radius 2 is 2.03 bits per heavy atom. The number of carbonyl (C=O) groups excluding carboxylic acids is 2. The first-order chi connectivity index (χ1) is 14.0. The van der Waals surface area contributed by atoms with Crippen molar-refractivity contribution in [2.75, 3.05) is 18.4 Å². The van der Waals surface area contributed by atoms with E-state index in [4.69, 9.17) is 10.5 Å². The van der Waals surface area contributed by atoms with Crippen LogP contribution in [0.1, 0.15) is 35.7 Å². The molecule has 3 unspecified atom stereocenters. The summed E-state index contributed by atoms with van der Waals surface area (Å²) in [6, 6.07) is 14.8. The summed E-state index contributed by atoms with van der Waals surface area (Å²) in [4.78, 5) is 27.5. The highest BCUT2D eigenvalue weighted by molar-refractivity contribution is 5.98. The molecule has 6 heteroatoms. The van der Waals surface area contributed by atoms with Crippen LogP contribution < -0.4 is 15.8 Å². The molecule has 2 heterocycles. The van der Waals surface area contributed by atoms with Crippen molar-refractivity contribution >= 4 is 17.5 Å². The number of nitrogens with zero attached hydrogens (tertiary/aromatic N) is 1. The van der Waals surface area contributed by atoms with Gasteiger partial charge in [0.05, 0.1) is 0 Å². The Morgan fingerprint density at radius 1 is 1.21 bits per heavy atom. The first-order valence-corrected chi connectivity index (χ1v) is 10.2. The summed E-state index contributed by atoms with van der Waals surface area (Å²) >= 11 is 0. The van der Waals surface area contributed by atoms with Crippen molar-refractivity contribution < 1.29 is 14.3 Å². The van der Waals surface area contributed by atoms with Crippen LogP contribution in [0.25, 0.3) is 0 Å². The van der Waals surface area contributed by atoms with Crippen molar-refractivity contribution in [1.82, 2.24) is 4.90 Å². The molecule has 152 valence electrons. The van der Waals surface area contributed by atoms with Crippen molar-refractivity contribution in [1.29, 1.82) is 0 Å². The maximum atomic E-state index is 13.0. The lowest BCUT2D eigenvalue weighted by Crippen LogP contribution is -2.45. The van der Waals surface area contributed by atoms with Crippen LogP contribution in [0.5, 0.6) is 5.75 Å². The topological polar surface area (TPSA) is 84.7 Å². The highest BCUT2D eigenvalue weighted by Crippen LogP contribution is 2.29. The zero-order chi connectivity index (χ0) is 20.4. The van der Waals surface area contributed by atoms with Gasteiger partial charge in [0.2, 0.25) is 0 Å². The molecule has 1 saturated heterocycles. The molecule has 3 N–H and O–H groups in total. The zero-order valence-electron chi connectivity index (χ0n) is 16.6. The fourth-order valence-corrected chi connectivity index (χ4v) is 4.09. The predicted molar refractivity (Wildman–Crippen MR) is 112 cm³/mol. The number of likely N-dealkylation sites (tertiary alicyclic amines) is 1. The largest absolute Gasteiger partial charge is 0.480 e. The standard InChI is InChI=1S/C23H27N3O3/c1-15(24)18-8-5-11-26(14-18)23(28)17-7-4-9-19(12-17)25-22(27)21-13-16-6-2-3-10-20(16)29-21/h2-4,6-7,9-10,12,15,18,21H,5,8,11,13-14,24H2,1H3,(H,25,27). The van der Waals surface area contributed by atoms with Crippen LogP contribution in [0.3, 0.4) is 0 Å². The first-order valence-electron chi connectivity index (χ1n) is 10.2. The van der Waals surface area contributed by atoms with Crippen LogP contribution >= 0.6 is 0 Å². The molecule has 0 saturated carbocycles. The van der Waals surface area contributed by atoms with Crippen LogP contribution in [0.2, 0.25) is 0 Å². The normalized spacial score (nSPS) is 21.8. The molecular weight excluding hydrogens is 366 g/mol. The number of para-hydroxylation sites is 1. The summed E-state index contributed by atoms with van der Waals surface area (Å²) in [6.07, 6.45) is 2.02. The number of piperidine rings is 1. The number of ether oxygens (including phenoxy) is 1. The van der Waals surface area contributed by atoms with Crippen LogP contribution in [0, 0.1) is 5.92 Å². The number of nitrogens with one attached hydrogen (secondary N) is 1. The molecule has 2 aromatic rings. The Labute approximate surface area is 171 Å². The molecule has 3 atom stereocenters. The number of carbonyl (C=O) groups is 2. The van der Waals surface area contributed by atoms with Crippen LogP contribution in [0.4, 0.5) is 5.69 Å². The van der Waals surface area contributed by atoms with E-state index in [1.807, 2.05) is 36.1 Å². The van der Waals surface area contributed by atoms with E-state index in [9.17, 15) is 9.59 Å². The van der Waals surface area contributed by atoms with Crippen molar-refractivity contribution in [2.24, 2.45) is 11.7 Å². The Kier molecular flexibility index (Phi) is 5.53. The van der Waals surface area contributed by atoms with E-state index in [0.717, 1.165) is 30.7 Å². The average molecular weight is 393 g/mol. The minimum atomic E-state index is -0.555. The smallest absolute Gasteiger partial charge is 0.265 e. The molecule has 2 amide bonds. The molecule has 2 aromatic carbocycles. The Hall–Kier alpha value is -2.86. The van der Waals surface area contributed by atoms with Gasteiger partial charge in [0.1, 0.15) is 5.75 Å². The van der Waals surface area contributed by atoms with E-state index in [2.05, 4.69) is 5.32 Å². The lowest BCUT2D eigenvalue weighted by atomic mass is 9.92. The summed E-state index contributed by atoms with van der Waals surface area (Å²) in [5, 5.41) is 2.89. The number of nitrogens with two attached hydrogens (primary N) is 1. The Balaban J connectivity index is 1.41. The van der Waals surface area contributed by atoms with E-state index in [1.54, 1.807) is 24.3 Å². The van der Waals surface area contributed by atoms with E-state index in [0.29, 0.717) is 30.1 Å². The molecule has 2 aliphatic rings. The quantitative estimate of drug-likeness (QED) is 0.837. The lowest BCUT2D eigenvalue weighted by Gasteiger charge is -2.34. The monoisotopic (exact) mass is 393 g/mol.